The Morgan fingerprint density at radius 2 is 2.10 bits per heavy atom. The second-order valence-electron chi connectivity index (χ2n) is 7.35. The minimum absolute atomic E-state index is 0.00340. The van der Waals surface area contributed by atoms with Gasteiger partial charge in [0.05, 0.1) is 17.2 Å². The molecule has 154 valence electrons. The summed E-state index contributed by atoms with van der Waals surface area (Å²) in [6.45, 7) is 3.25. The van der Waals surface area contributed by atoms with Crippen molar-refractivity contribution < 1.29 is 18.1 Å². The molecule has 29 heavy (non-hydrogen) atoms. The van der Waals surface area contributed by atoms with E-state index < -0.39 is 16.8 Å². The average molecular weight is 418 g/mol. The van der Waals surface area contributed by atoms with Gasteiger partial charge in [0.15, 0.2) is 0 Å². The van der Waals surface area contributed by atoms with E-state index in [0.717, 1.165) is 18.5 Å². The molecule has 1 unspecified atom stereocenters. The Morgan fingerprint density at radius 1 is 1.28 bits per heavy atom. The van der Waals surface area contributed by atoms with Crippen molar-refractivity contribution in [1.29, 1.82) is 0 Å². The molecule has 1 amide bonds. The molecule has 8 heteroatoms. The van der Waals surface area contributed by atoms with E-state index in [1.165, 1.54) is 11.0 Å². The normalized spacial score (nSPS) is 20.6. The number of nitrogens with zero attached hydrogens (tertiary/aromatic N) is 3. The monoisotopic (exact) mass is 417 g/mol. The van der Waals surface area contributed by atoms with Gasteiger partial charge in [-0.1, -0.05) is 6.92 Å². The Morgan fingerprint density at radius 3 is 2.90 bits per heavy atom. The number of carbonyl (C=O) groups is 1. The third-order valence-corrected chi connectivity index (χ3v) is 6.88. The topological polar surface area (TPSA) is 62.7 Å². The highest BCUT2D eigenvalue weighted by molar-refractivity contribution is 7.82. The lowest BCUT2D eigenvalue weighted by Crippen LogP contribution is -2.31. The first-order valence-corrected chi connectivity index (χ1v) is 11.1. The molecule has 2 aromatic rings. The fourth-order valence-corrected chi connectivity index (χ4v) is 4.88. The van der Waals surface area contributed by atoms with Gasteiger partial charge in [-0.3, -0.25) is 9.78 Å². The summed E-state index contributed by atoms with van der Waals surface area (Å²) >= 11 is 0. The largest absolute Gasteiger partial charge is 0.487 e. The van der Waals surface area contributed by atoms with E-state index >= 15 is 0 Å². The zero-order chi connectivity index (χ0) is 20.5. The first-order chi connectivity index (χ1) is 14.0. The zero-order valence-corrected chi connectivity index (χ0v) is 17.4. The van der Waals surface area contributed by atoms with Crippen molar-refractivity contribution in [1.82, 2.24) is 9.29 Å². The Bertz CT molecular complexity index is 968. The zero-order valence-electron chi connectivity index (χ0n) is 16.6. The lowest BCUT2D eigenvalue weighted by molar-refractivity contribution is -0.118. The van der Waals surface area contributed by atoms with Gasteiger partial charge in [-0.2, -0.15) is 0 Å². The number of hydrogen-bond donors (Lipinski definition) is 0. The van der Waals surface area contributed by atoms with Crippen molar-refractivity contribution in [3.05, 3.63) is 42.0 Å². The SMILES string of the molecule is CCS(=O)N1CC[C@@H](Oc2cncc(-c3cc4c(cc3F)N(C)C(=O)CC4)c2)C1. The van der Waals surface area contributed by atoms with Gasteiger partial charge in [-0.15, -0.1) is 0 Å². The number of aromatic nitrogens is 1. The minimum Gasteiger partial charge on any atom is -0.487 e. The molecule has 1 fully saturated rings. The van der Waals surface area contributed by atoms with Crippen LogP contribution in [0.25, 0.3) is 11.1 Å². The summed E-state index contributed by atoms with van der Waals surface area (Å²) in [4.78, 5) is 17.6. The van der Waals surface area contributed by atoms with Gasteiger partial charge in [0.2, 0.25) is 5.91 Å². The Kier molecular flexibility index (Phi) is 5.65. The maximum absolute atomic E-state index is 14.8. The molecule has 1 aromatic heterocycles. The van der Waals surface area contributed by atoms with Crippen molar-refractivity contribution in [2.45, 2.75) is 32.3 Å². The van der Waals surface area contributed by atoms with Crippen molar-refractivity contribution in [2.75, 3.05) is 30.8 Å². The first kappa shape index (κ1) is 20.0. The highest BCUT2D eigenvalue weighted by Gasteiger charge is 2.27. The van der Waals surface area contributed by atoms with Crippen molar-refractivity contribution >= 4 is 22.6 Å². The van der Waals surface area contributed by atoms with Gasteiger partial charge in [0, 0.05) is 55.3 Å². The number of carbonyl (C=O) groups excluding carboxylic acids is 1. The number of benzene rings is 1. The van der Waals surface area contributed by atoms with Crippen LogP contribution in [0.1, 0.15) is 25.3 Å². The molecule has 1 saturated heterocycles. The summed E-state index contributed by atoms with van der Waals surface area (Å²) < 4.78 is 34.7. The summed E-state index contributed by atoms with van der Waals surface area (Å²) in [5, 5.41) is 0. The second kappa shape index (κ2) is 8.20. The van der Waals surface area contributed by atoms with Crippen LogP contribution < -0.4 is 9.64 Å². The molecule has 6 nitrogen and oxygen atoms in total. The number of hydrogen-bond acceptors (Lipinski definition) is 4. The Hall–Kier alpha value is -2.32. The molecule has 2 aliphatic rings. The molecule has 0 saturated carbocycles. The average Bonchev–Trinajstić information content (AvgIpc) is 3.19. The third-order valence-electron chi connectivity index (χ3n) is 5.48. The van der Waals surface area contributed by atoms with Crippen LogP contribution in [0.15, 0.2) is 30.6 Å². The van der Waals surface area contributed by atoms with Gasteiger partial charge in [0.1, 0.15) is 17.7 Å². The van der Waals surface area contributed by atoms with E-state index in [9.17, 15) is 13.4 Å². The van der Waals surface area contributed by atoms with Gasteiger partial charge >= 0.3 is 0 Å². The van der Waals surface area contributed by atoms with E-state index in [-0.39, 0.29) is 12.0 Å². The van der Waals surface area contributed by atoms with Gasteiger partial charge in [-0.25, -0.2) is 12.9 Å². The van der Waals surface area contributed by atoms with Gasteiger partial charge < -0.3 is 9.64 Å². The molecule has 2 atom stereocenters. The molecule has 0 bridgehead atoms. The number of ether oxygens (including phenoxy) is 1. The summed E-state index contributed by atoms with van der Waals surface area (Å²) in [6, 6.07) is 5.01. The predicted molar refractivity (Wildman–Crippen MR) is 111 cm³/mol. The van der Waals surface area contributed by atoms with E-state index in [2.05, 4.69) is 4.98 Å². The number of aryl methyl sites for hydroxylation is 1. The first-order valence-electron chi connectivity index (χ1n) is 9.80. The number of rotatable bonds is 5. The van der Waals surface area contributed by atoms with Crippen molar-refractivity contribution in [3.8, 4) is 16.9 Å². The van der Waals surface area contributed by atoms with Crippen molar-refractivity contribution in [2.24, 2.45) is 0 Å². The van der Waals surface area contributed by atoms with Crippen LogP contribution in [0.2, 0.25) is 0 Å². The summed E-state index contributed by atoms with van der Waals surface area (Å²) in [6.07, 6.45) is 4.99. The van der Waals surface area contributed by atoms with E-state index in [4.69, 9.17) is 4.74 Å². The highest BCUT2D eigenvalue weighted by atomic mass is 32.2. The third kappa shape index (κ3) is 4.04. The lowest BCUT2D eigenvalue weighted by Gasteiger charge is -2.26. The van der Waals surface area contributed by atoms with Crippen LogP contribution in [0.4, 0.5) is 10.1 Å². The van der Waals surface area contributed by atoms with E-state index in [1.54, 1.807) is 31.6 Å². The molecule has 4 rings (SSSR count). The fourth-order valence-electron chi connectivity index (χ4n) is 3.87. The molecule has 1 aromatic carbocycles. The fraction of sp³-hybridized carbons (Fsp3) is 0.429. The maximum Gasteiger partial charge on any atom is 0.227 e. The molecule has 0 radical (unpaired) electrons. The summed E-state index contributed by atoms with van der Waals surface area (Å²) in [5.74, 6) is 0.773. The highest BCUT2D eigenvalue weighted by Crippen LogP contribution is 2.34. The second-order valence-corrected chi connectivity index (χ2v) is 9.09. The molecule has 0 aliphatic carbocycles. The molecule has 2 aliphatic heterocycles. The predicted octanol–water partition coefficient (Wildman–Crippen LogP) is 2.93. The number of fused-ring (bicyclic) bond motifs is 1. The van der Waals surface area contributed by atoms with Gasteiger partial charge in [0.25, 0.3) is 0 Å². The molecular formula is C21H24FN3O3S. The molecular weight excluding hydrogens is 393 g/mol. The smallest absolute Gasteiger partial charge is 0.227 e. The molecule has 0 spiro atoms. The minimum atomic E-state index is -0.965. The van der Waals surface area contributed by atoms with Crippen LogP contribution in [0.5, 0.6) is 5.75 Å². The van der Waals surface area contributed by atoms with Crippen molar-refractivity contribution in [3.63, 3.8) is 0 Å². The number of pyridine rings is 1. The number of amides is 1. The molecule has 0 N–H and O–H groups in total. The van der Waals surface area contributed by atoms with Gasteiger partial charge in [-0.05, 0) is 36.6 Å². The Balaban J connectivity index is 1.55. The van der Waals surface area contributed by atoms with Crippen LogP contribution in [0, 0.1) is 5.82 Å². The van der Waals surface area contributed by atoms with Crippen LogP contribution in [0.3, 0.4) is 0 Å². The Labute approximate surface area is 172 Å². The lowest BCUT2D eigenvalue weighted by atomic mass is 9.96. The van der Waals surface area contributed by atoms with Crippen LogP contribution in [-0.2, 0) is 22.2 Å². The quantitative estimate of drug-likeness (QED) is 0.751. The number of anilines is 1. The standard InChI is InChI=1S/C21H24FN3O3S/c1-3-29(27)25-7-6-16(13-25)28-17-8-15(11-23-12-17)18-9-14-4-5-21(26)24(2)20(14)10-19(18)22/h8-12,16H,3-7,13H2,1-2H3/t16-,29?/m1/s1. The van der Waals surface area contributed by atoms with Crippen LogP contribution >= 0.6 is 0 Å². The summed E-state index contributed by atoms with van der Waals surface area (Å²) in [5.41, 5.74) is 2.65. The van der Waals surface area contributed by atoms with E-state index in [0.29, 0.717) is 47.7 Å². The van der Waals surface area contributed by atoms with E-state index in [1.807, 2.05) is 11.2 Å². The summed E-state index contributed by atoms with van der Waals surface area (Å²) in [7, 11) is 0.707. The molecule has 3 heterocycles. The number of halogens is 1. The maximum atomic E-state index is 14.8. The van der Waals surface area contributed by atoms with Crippen LogP contribution in [-0.4, -0.2) is 51.4 Å².